The third-order valence-electron chi connectivity index (χ3n) is 2.39. The van der Waals surface area contributed by atoms with Gasteiger partial charge in [0.05, 0.1) is 26.7 Å². The molecule has 0 heterocycles. The van der Waals surface area contributed by atoms with E-state index in [1.807, 2.05) is 0 Å². The van der Waals surface area contributed by atoms with Crippen molar-refractivity contribution in [2.75, 3.05) is 33.3 Å². The third-order valence-corrected chi connectivity index (χ3v) is 2.39. The van der Waals surface area contributed by atoms with Crippen molar-refractivity contribution >= 4 is 0 Å². The number of nitrogens with zero attached hydrogens (tertiary/aromatic N) is 1. The Morgan fingerprint density at radius 3 is 1.92 bits per heavy atom. The maximum absolute atomic E-state index is 9.19. The van der Waals surface area contributed by atoms with Crippen LogP contribution < -0.4 is 12.4 Å². The zero-order chi connectivity index (χ0) is 8.91. The van der Waals surface area contributed by atoms with E-state index < -0.39 is 6.10 Å². The van der Waals surface area contributed by atoms with Gasteiger partial charge in [-0.05, 0) is 13.8 Å². The number of rotatable bonds is 5. The largest absolute Gasteiger partial charge is 1.00 e. The lowest BCUT2D eigenvalue weighted by Crippen LogP contribution is -3.00. The van der Waals surface area contributed by atoms with Gasteiger partial charge in [0.2, 0.25) is 0 Å². The van der Waals surface area contributed by atoms with E-state index in [-0.39, 0.29) is 19.0 Å². The maximum Gasteiger partial charge on any atom is 0.126 e. The van der Waals surface area contributed by atoms with Crippen LogP contribution in [0.5, 0.6) is 0 Å². The molecule has 0 aliphatic carbocycles. The predicted octanol–water partition coefficient (Wildman–Crippen LogP) is -3.17. The Bertz CT molecular complexity index is 107. The molecule has 0 aromatic carbocycles. The molecule has 0 radical (unpaired) electrons. The fourth-order valence-electron chi connectivity index (χ4n) is 1.05. The van der Waals surface area contributed by atoms with E-state index >= 15 is 0 Å². The summed E-state index contributed by atoms with van der Waals surface area (Å²) in [4.78, 5) is 0. The molecule has 0 spiro atoms. The first kappa shape index (κ1) is 14.7. The standard InChI is InChI=1S/C8H20NO2.ClH/c1-4-9(3,5-2)6-8(11)7-10;/h8,10-11H,4-7H2,1-3H3;1H/q+1;/p-1. The van der Waals surface area contributed by atoms with Gasteiger partial charge >= 0.3 is 0 Å². The maximum atomic E-state index is 9.19. The molecule has 0 saturated heterocycles. The molecule has 0 aromatic heterocycles. The van der Waals surface area contributed by atoms with Crippen LogP contribution in [-0.2, 0) is 0 Å². The van der Waals surface area contributed by atoms with Crippen LogP contribution in [0.2, 0.25) is 0 Å². The zero-order valence-electron chi connectivity index (χ0n) is 8.13. The second kappa shape index (κ2) is 6.66. The smallest absolute Gasteiger partial charge is 0.126 e. The first-order valence-corrected chi connectivity index (χ1v) is 4.20. The molecule has 0 aromatic rings. The molecule has 1 unspecified atom stereocenters. The van der Waals surface area contributed by atoms with Crippen LogP contribution in [0, 0.1) is 0 Å². The monoisotopic (exact) mass is 197 g/mol. The van der Waals surface area contributed by atoms with Crippen LogP contribution in [0.25, 0.3) is 0 Å². The number of hydrogen-bond donors (Lipinski definition) is 2. The van der Waals surface area contributed by atoms with Crippen LogP contribution in [0.3, 0.4) is 0 Å². The van der Waals surface area contributed by atoms with Crippen molar-refractivity contribution in [3.63, 3.8) is 0 Å². The fraction of sp³-hybridized carbons (Fsp3) is 1.00. The molecule has 0 bridgehead atoms. The Morgan fingerprint density at radius 2 is 1.67 bits per heavy atom. The van der Waals surface area contributed by atoms with Gasteiger partial charge in [0.15, 0.2) is 0 Å². The molecular formula is C8H20ClNO2. The summed E-state index contributed by atoms with van der Waals surface area (Å²) in [5.74, 6) is 0. The molecule has 2 N–H and O–H groups in total. The minimum Gasteiger partial charge on any atom is -1.00 e. The number of quaternary nitrogens is 1. The molecule has 0 fully saturated rings. The molecule has 4 heteroatoms. The van der Waals surface area contributed by atoms with Crippen molar-refractivity contribution in [3.05, 3.63) is 0 Å². The summed E-state index contributed by atoms with van der Waals surface area (Å²) in [6.45, 7) is 6.68. The van der Waals surface area contributed by atoms with Crippen molar-refractivity contribution < 1.29 is 27.1 Å². The van der Waals surface area contributed by atoms with E-state index in [1.54, 1.807) is 0 Å². The van der Waals surface area contributed by atoms with Gasteiger partial charge < -0.3 is 27.1 Å². The van der Waals surface area contributed by atoms with Gasteiger partial charge in [-0.25, -0.2) is 0 Å². The number of halogens is 1. The van der Waals surface area contributed by atoms with Gasteiger partial charge in [-0.1, -0.05) is 0 Å². The normalized spacial score (nSPS) is 13.8. The summed E-state index contributed by atoms with van der Waals surface area (Å²) in [5, 5.41) is 17.8. The highest BCUT2D eigenvalue weighted by atomic mass is 35.5. The van der Waals surface area contributed by atoms with Crippen LogP contribution >= 0.6 is 0 Å². The lowest BCUT2D eigenvalue weighted by atomic mass is 10.3. The Hall–Kier alpha value is 0.170. The minimum absolute atomic E-state index is 0. The number of hydrogen-bond acceptors (Lipinski definition) is 2. The summed E-state index contributed by atoms with van der Waals surface area (Å²) in [6, 6.07) is 0. The summed E-state index contributed by atoms with van der Waals surface area (Å²) in [6.07, 6.45) is -0.570. The first-order chi connectivity index (χ1) is 5.08. The molecule has 12 heavy (non-hydrogen) atoms. The molecule has 76 valence electrons. The molecule has 0 aliphatic heterocycles. The number of aliphatic hydroxyl groups is 2. The first-order valence-electron chi connectivity index (χ1n) is 4.20. The number of likely N-dealkylation sites (N-methyl/N-ethyl adjacent to an activating group) is 1. The topological polar surface area (TPSA) is 40.5 Å². The summed E-state index contributed by atoms with van der Waals surface area (Å²) in [5.41, 5.74) is 0. The second-order valence-corrected chi connectivity index (χ2v) is 3.27. The highest BCUT2D eigenvalue weighted by Crippen LogP contribution is 2.02. The van der Waals surface area contributed by atoms with E-state index in [0.717, 1.165) is 17.6 Å². The lowest BCUT2D eigenvalue weighted by molar-refractivity contribution is -0.909. The van der Waals surface area contributed by atoms with Crippen molar-refractivity contribution in [2.45, 2.75) is 20.0 Å². The van der Waals surface area contributed by atoms with Crippen LogP contribution in [0.4, 0.5) is 0 Å². The Morgan fingerprint density at radius 1 is 1.25 bits per heavy atom. The van der Waals surface area contributed by atoms with Crippen molar-refractivity contribution in [2.24, 2.45) is 0 Å². The van der Waals surface area contributed by atoms with Gasteiger partial charge in [-0.15, -0.1) is 0 Å². The molecule has 0 aliphatic rings. The van der Waals surface area contributed by atoms with E-state index in [9.17, 15) is 5.11 Å². The second-order valence-electron chi connectivity index (χ2n) is 3.27. The minimum atomic E-state index is -0.570. The van der Waals surface area contributed by atoms with Crippen LogP contribution in [0.1, 0.15) is 13.8 Å². The van der Waals surface area contributed by atoms with Crippen molar-refractivity contribution in [3.8, 4) is 0 Å². The van der Waals surface area contributed by atoms with Gasteiger partial charge in [0.25, 0.3) is 0 Å². The predicted molar refractivity (Wildman–Crippen MR) is 45.2 cm³/mol. The van der Waals surface area contributed by atoms with Gasteiger partial charge in [0, 0.05) is 0 Å². The SMILES string of the molecule is CC[N+](C)(CC)CC(O)CO.[Cl-]. The van der Waals surface area contributed by atoms with Crippen LogP contribution in [0.15, 0.2) is 0 Å². The summed E-state index contributed by atoms with van der Waals surface area (Å²) >= 11 is 0. The molecule has 0 saturated carbocycles. The third kappa shape index (κ3) is 4.93. The van der Waals surface area contributed by atoms with E-state index in [1.165, 1.54) is 0 Å². The fourth-order valence-corrected chi connectivity index (χ4v) is 1.05. The van der Waals surface area contributed by atoms with Gasteiger partial charge in [-0.2, -0.15) is 0 Å². The summed E-state index contributed by atoms with van der Waals surface area (Å²) < 4.78 is 0.821. The van der Waals surface area contributed by atoms with E-state index in [2.05, 4.69) is 20.9 Å². The van der Waals surface area contributed by atoms with Gasteiger partial charge in [-0.3, -0.25) is 0 Å². The molecule has 1 atom stereocenters. The molecule has 0 amide bonds. The van der Waals surface area contributed by atoms with Crippen molar-refractivity contribution in [1.82, 2.24) is 0 Å². The molecule has 3 nitrogen and oxygen atoms in total. The van der Waals surface area contributed by atoms with E-state index in [4.69, 9.17) is 5.11 Å². The average Bonchev–Trinajstić information content (AvgIpc) is 2.04. The van der Waals surface area contributed by atoms with Crippen LogP contribution in [-0.4, -0.2) is 54.1 Å². The van der Waals surface area contributed by atoms with E-state index in [0.29, 0.717) is 6.54 Å². The molecular weight excluding hydrogens is 178 g/mol. The Kier molecular flexibility index (Phi) is 8.15. The quantitative estimate of drug-likeness (QED) is 0.457. The number of aliphatic hydroxyl groups excluding tert-OH is 2. The van der Waals surface area contributed by atoms with Gasteiger partial charge in [0.1, 0.15) is 12.6 Å². The van der Waals surface area contributed by atoms with Crippen molar-refractivity contribution in [1.29, 1.82) is 0 Å². The average molecular weight is 198 g/mol. The Labute approximate surface area is 81.0 Å². The molecule has 0 rings (SSSR count). The lowest BCUT2D eigenvalue weighted by Gasteiger charge is -2.33. The summed E-state index contributed by atoms with van der Waals surface area (Å²) in [7, 11) is 2.08. The zero-order valence-corrected chi connectivity index (χ0v) is 8.88. The highest BCUT2D eigenvalue weighted by molar-refractivity contribution is 4.49. The highest BCUT2D eigenvalue weighted by Gasteiger charge is 2.20. The Balaban J connectivity index is 0.